The number of carboxylic acids is 1. The fourth-order valence-electron chi connectivity index (χ4n) is 2.33. The fraction of sp³-hybridized carbons (Fsp3) is 0.429. The van der Waals surface area contributed by atoms with Gasteiger partial charge in [0.2, 0.25) is 10.0 Å². The van der Waals surface area contributed by atoms with Gasteiger partial charge < -0.3 is 5.11 Å². The molecule has 0 amide bonds. The SMILES string of the molecule is Cc1cc(C#N)ccc1S(=O)(=O)N1CC(C(C)C(=O)O)C1. The summed E-state index contributed by atoms with van der Waals surface area (Å²) in [7, 11) is -3.62. The van der Waals surface area contributed by atoms with Crippen LogP contribution in [0, 0.1) is 30.1 Å². The van der Waals surface area contributed by atoms with Crippen molar-refractivity contribution in [1.82, 2.24) is 4.31 Å². The molecule has 112 valence electrons. The minimum absolute atomic E-state index is 0.157. The summed E-state index contributed by atoms with van der Waals surface area (Å²) in [5.41, 5.74) is 0.927. The van der Waals surface area contributed by atoms with Gasteiger partial charge in [0.15, 0.2) is 0 Å². The third-order valence-corrected chi connectivity index (χ3v) is 5.89. The number of nitriles is 1. The molecule has 1 aliphatic heterocycles. The van der Waals surface area contributed by atoms with Crippen molar-refractivity contribution in [3.8, 4) is 6.07 Å². The van der Waals surface area contributed by atoms with Crippen LogP contribution < -0.4 is 0 Å². The predicted molar refractivity (Wildman–Crippen MR) is 74.9 cm³/mol. The Morgan fingerprint density at radius 3 is 2.57 bits per heavy atom. The van der Waals surface area contributed by atoms with Crippen molar-refractivity contribution < 1.29 is 18.3 Å². The molecule has 1 aromatic carbocycles. The number of hydrogen-bond donors (Lipinski definition) is 1. The molecule has 0 aromatic heterocycles. The van der Waals surface area contributed by atoms with Crippen LogP contribution >= 0.6 is 0 Å². The van der Waals surface area contributed by atoms with E-state index in [1.54, 1.807) is 13.8 Å². The number of hydrogen-bond acceptors (Lipinski definition) is 4. The molecular weight excluding hydrogens is 292 g/mol. The number of nitrogens with zero attached hydrogens (tertiary/aromatic N) is 2. The van der Waals surface area contributed by atoms with Crippen LogP contribution in [0.1, 0.15) is 18.1 Å². The molecule has 1 aromatic rings. The highest BCUT2D eigenvalue weighted by molar-refractivity contribution is 7.89. The second-order valence-corrected chi connectivity index (χ2v) is 7.21. The van der Waals surface area contributed by atoms with Gasteiger partial charge in [0.25, 0.3) is 0 Å². The van der Waals surface area contributed by atoms with E-state index < -0.39 is 21.9 Å². The van der Waals surface area contributed by atoms with Crippen molar-refractivity contribution >= 4 is 16.0 Å². The highest BCUT2D eigenvalue weighted by Crippen LogP contribution is 2.31. The molecule has 0 bridgehead atoms. The molecule has 0 spiro atoms. The predicted octanol–water partition coefficient (Wildman–Crippen LogP) is 1.21. The average molecular weight is 308 g/mol. The lowest BCUT2D eigenvalue weighted by atomic mass is 9.89. The topological polar surface area (TPSA) is 98.5 Å². The number of carbonyl (C=O) groups is 1. The van der Waals surface area contributed by atoms with E-state index in [4.69, 9.17) is 10.4 Å². The molecule has 6 nitrogen and oxygen atoms in total. The highest BCUT2D eigenvalue weighted by atomic mass is 32.2. The molecule has 1 saturated heterocycles. The zero-order chi connectivity index (χ0) is 15.8. The standard InChI is InChI=1S/C14H16N2O4S/c1-9-5-11(6-15)3-4-13(9)21(19,20)16-7-12(8-16)10(2)14(17)18/h3-5,10,12H,7-8H2,1-2H3,(H,17,18). The minimum Gasteiger partial charge on any atom is -0.481 e. The lowest BCUT2D eigenvalue weighted by Gasteiger charge is -2.40. The monoisotopic (exact) mass is 308 g/mol. The normalized spacial score (nSPS) is 17.8. The molecule has 1 aliphatic rings. The molecule has 1 N–H and O–H groups in total. The maximum atomic E-state index is 12.5. The van der Waals surface area contributed by atoms with E-state index in [2.05, 4.69) is 0 Å². The lowest BCUT2D eigenvalue weighted by molar-refractivity contribution is -0.144. The van der Waals surface area contributed by atoms with Gasteiger partial charge in [-0.1, -0.05) is 6.92 Å². The number of sulfonamides is 1. The van der Waals surface area contributed by atoms with Gasteiger partial charge in [0, 0.05) is 13.1 Å². The smallest absolute Gasteiger partial charge is 0.306 e. The van der Waals surface area contributed by atoms with Gasteiger partial charge in [0.1, 0.15) is 0 Å². The molecule has 7 heteroatoms. The maximum Gasteiger partial charge on any atom is 0.306 e. The van der Waals surface area contributed by atoms with Crippen LogP contribution in [-0.4, -0.2) is 36.9 Å². The molecule has 0 saturated carbocycles. The Kier molecular flexibility index (Phi) is 4.03. The van der Waals surface area contributed by atoms with Gasteiger partial charge in [-0.25, -0.2) is 8.42 Å². The van der Waals surface area contributed by atoms with Crippen molar-refractivity contribution in [2.45, 2.75) is 18.7 Å². The molecule has 1 unspecified atom stereocenters. The quantitative estimate of drug-likeness (QED) is 0.901. The third-order valence-electron chi connectivity index (χ3n) is 3.89. The Labute approximate surface area is 123 Å². The van der Waals surface area contributed by atoms with Gasteiger partial charge >= 0.3 is 5.97 Å². The van der Waals surface area contributed by atoms with Crippen molar-refractivity contribution in [2.24, 2.45) is 11.8 Å². The summed E-state index contributed by atoms with van der Waals surface area (Å²) in [6.45, 7) is 3.67. The molecule has 0 radical (unpaired) electrons. The summed E-state index contributed by atoms with van der Waals surface area (Å²) in [4.78, 5) is 11.1. The van der Waals surface area contributed by atoms with E-state index >= 15 is 0 Å². The van der Waals surface area contributed by atoms with E-state index in [9.17, 15) is 13.2 Å². The van der Waals surface area contributed by atoms with Crippen LogP contribution in [0.25, 0.3) is 0 Å². The molecule has 1 fully saturated rings. The molecule has 1 heterocycles. The summed E-state index contributed by atoms with van der Waals surface area (Å²) >= 11 is 0. The van der Waals surface area contributed by atoms with Gasteiger partial charge in [-0.3, -0.25) is 4.79 Å². The summed E-state index contributed by atoms with van der Waals surface area (Å²) < 4.78 is 26.2. The first-order chi connectivity index (χ1) is 9.77. The molecule has 21 heavy (non-hydrogen) atoms. The van der Waals surface area contributed by atoms with Crippen LogP contribution in [0.3, 0.4) is 0 Å². The van der Waals surface area contributed by atoms with Crippen molar-refractivity contribution in [3.63, 3.8) is 0 Å². The zero-order valence-electron chi connectivity index (χ0n) is 11.8. The van der Waals surface area contributed by atoms with E-state index in [0.29, 0.717) is 11.1 Å². The summed E-state index contributed by atoms with van der Waals surface area (Å²) in [5.74, 6) is -1.62. The molecule has 1 atom stereocenters. The number of benzene rings is 1. The summed E-state index contributed by atoms with van der Waals surface area (Å²) in [5, 5.41) is 17.7. The number of aryl methyl sites for hydroxylation is 1. The van der Waals surface area contributed by atoms with Crippen LogP contribution in [-0.2, 0) is 14.8 Å². The first kappa shape index (κ1) is 15.5. The Bertz CT molecular complexity index is 715. The first-order valence-corrected chi connectivity index (χ1v) is 7.95. The van der Waals surface area contributed by atoms with Gasteiger partial charge in [-0.05, 0) is 36.6 Å². The summed E-state index contributed by atoms with van der Waals surface area (Å²) in [6.07, 6.45) is 0. The van der Waals surface area contributed by atoms with Gasteiger partial charge in [-0.2, -0.15) is 9.57 Å². The Morgan fingerprint density at radius 2 is 2.10 bits per heavy atom. The van der Waals surface area contributed by atoms with Crippen LogP contribution in [0.15, 0.2) is 23.1 Å². The van der Waals surface area contributed by atoms with Crippen molar-refractivity contribution in [3.05, 3.63) is 29.3 Å². The third kappa shape index (κ3) is 2.77. The van der Waals surface area contributed by atoms with Crippen molar-refractivity contribution in [1.29, 1.82) is 5.26 Å². The molecular formula is C14H16N2O4S. The number of aliphatic carboxylic acids is 1. The molecule has 0 aliphatic carbocycles. The zero-order valence-corrected chi connectivity index (χ0v) is 12.6. The van der Waals surface area contributed by atoms with Gasteiger partial charge in [0.05, 0.1) is 22.4 Å². The van der Waals surface area contributed by atoms with Gasteiger partial charge in [-0.15, -0.1) is 0 Å². The minimum atomic E-state index is -3.62. The van der Waals surface area contributed by atoms with Crippen LogP contribution in [0.2, 0.25) is 0 Å². The summed E-state index contributed by atoms with van der Waals surface area (Å²) in [6, 6.07) is 6.39. The largest absolute Gasteiger partial charge is 0.481 e. The number of carboxylic acid groups (broad SMARTS) is 1. The second kappa shape index (κ2) is 5.47. The maximum absolute atomic E-state index is 12.5. The van der Waals surface area contributed by atoms with E-state index in [0.717, 1.165) is 0 Å². The first-order valence-electron chi connectivity index (χ1n) is 6.51. The fourth-order valence-corrected chi connectivity index (χ4v) is 4.09. The van der Waals surface area contributed by atoms with Crippen LogP contribution in [0.4, 0.5) is 0 Å². The highest BCUT2D eigenvalue weighted by Gasteiger charge is 2.41. The van der Waals surface area contributed by atoms with Crippen LogP contribution in [0.5, 0.6) is 0 Å². The molecule has 2 rings (SSSR count). The number of rotatable bonds is 4. The second-order valence-electron chi connectivity index (χ2n) is 5.30. The lowest BCUT2D eigenvalue weighted by Crippen LogP contribution is -2.53. The van der Waals surface area contributed by atoms with Crippen molar-refractivity contribution in [2.75, 3.05) is 13.1 Å². The van der Waals surface area contributed by atoms with E-state index in [1.807, 2.05) is 6.07 Å². The van der Waals surface area contributed by atoms with E-state index in [1.165, 1.54) is 22.5 Å². The Hall–Kier alpha value is -1.91. The Morgan fingerprint density at radius 1 is 1.48 bits per heavy atom. The Balaban J connectivity index is 2.18. The average Bonchev–Trinajstić information content (AvgIpc) is 2.35. The van der Waals surface area contributed by atoms with E-state index in [-0.39, 0.29) is 23.9 Å².